The summed E-state index contributed by atoms with van der Waals surface area (Å²) in [5.74, 6) is 1.35. The van der Waals surface area contributed by atoms with Crippen LogP contribution >= 0.6 is 46.6 Å². The molecule has 0 aliphatic heterocycles. The van der Waals surface area contributed by atoms with E-state index in [1.807, 2.05) is 6.92 Å². The molecule has 30 heavy (non-hydrogen) atoms. The summed E-state index contributed by atoms with van der Waals surface area (Å²) in [6, 6.07) is 9.44. The zero-order valence-corrected chi connectivity index (χ0v) is 18.5. The number of halogens is 4. The summed E-state index contributed by atoms with van der Waals surface area (Å²) in [6.45, 7) is 1.93. The molecule has 2 aromatic heterocycles. The second kappa shape index (κ2) is 8.93. The van der Waals surface area contributed by atoms with Crippen molar-refractivity contribution >= 4 is 46.6 Å². The van der Waals surface area contributed by atoms with Crippen LogP contribution in [-0.2, 0) is 12.2 Å². The van der Waals surface area contributed by atoms with Crippen molar-refractivity contribution < 1.29 is 8.81 Å². The first-order chi connectivity index (χ1) is 14.5. The van der Waals surface area contributed by atoms with Crippen molar-refractivity contribution in [2.24, 2.45) is 0 Å². The summed E-state index contributed by atoms with van der Waals surface area (Å²) >= 11 is 19.8. The molecule has 2 heterocycles. The molecule has 0 aliphatic carbocycles. The maximum absolute atomic E-state index is 13.7. The standard InChI is InChI=1S/C19H13Cl3FN5OS/c1-2-16-24-25-17(29-16)9-30-19-27-26-18(12-5-3-10(20)7-13(12)21)28(19)11-4-6-15(23)14(22)8-11/h3-8H,2,9H2,1H3. The van der Waals surface area contributed by atoms with E-state index in [0.717, 1.165) is 0 Å². The molecular weight excluding hydrogens is 472 g/mol. The first-order valence-corrected chi connectivity index (χ1v) is 10.9. The fourth-order valence-corrected chi connectivity index (χ4v) is 4.14. The summed E-state index contributed by atoms with van der Waals surface area (Å²) in [6.07, 6.45) is 0.654. The number of benzene rings is 2. The third-order valence-electron chi connectivity index (χ3n) is 4.10. The maximum atomic E-state index is 13.7. The van der Waals surface area contributed by atoms with Crippen LogP contribution in [0.25, 0.3) is 17.1 Å². The number of aromatic nitrogens is 5. The molecule has 0 saturated carbocycles. The predicted octanol–water partition coefficient (Wildman–Crippen LogP) is 6.27. The van der Waals surface area contributed by atoms with Gasteiger partial charge in [-0.15, -0.1) is 20.4 Å². The average Bonchev–Trinajstić information content (AvgIpc) is 3.35. The van der Waals surface area contributed by atoms with Gasteiger partial charge >= 0.3 is 0 Å². The van der Waals surface area contributed by atoms with Crippen molar-refractivity contribution in [2.75, 3.05) is 0 Å². The molecule has 0 aliphatic rings. The van der Waals surface area contributed by atoms with E-state index in [4.69, 9.17) is 39.2 Å². The lowest BCUT2D eigenvalue weighted by Gasteiger charge is -2.11. The fourth-order valence-electron chi connectivity index (χ4n) is 2.68. The summed E-state index contributed by atoms with van der Waals surface area (Å²) in [5, 5.41) is 18.0. The number of rotatable bonds is 6. The highest BCUT2D eigenvalue weighted by atomic mass is 35.5. The van der Waals surface area contributed by atoms with E-state index in [1.54, 1.807) is 28.8 Å². The minimum Gasteiger partial charge on any atom is -0.424 e. The van der Waals surface area contributed by atoms with E-state index in [2.05, 4.69) is 20.4 Å². The molecule has 0 bridgehead atoms. The first-order valence-electron chi connectivity index (χ1n) is 8.76. The Morgan fingerprint density at radius 1 is 0.967 bits per heavy atom. The SMILES string of the molecule is CCc1nnc(CSc2nnc(-c3ccc(Cl)cc3Cl)n2-c2ccc(F)c(Cl)c2)o1. The molecular formula is C19H13Cl3FN5OS. The Bertz CT molecular complexity index is 1210. The maximum Gasteiger partial charge on any atom is 0.226 e. The Balaban J connectivity index is 1.77. The Morgan fingerprint density at radius 2 is 1.77 bits per heavy atom. The van der Waals surface area contributed by atoms with Crippen molar-refractivity contribution in [3.05, 3.63) is 69.1 Å². The number of hydrogen-bond donors (Lipinski definition) is 0. The van der Waals surface area contributed by atoms with Crippen LogP contribution in [0.15, 0.2) is 46.0 Å². The highest BCUT2D eigenvalue weighted by molar-refractivity contribution is 7.98. The molecule has 154 valence electrons. The largest absolute Gasteiger partial charge is 0.424 e. The second-order valence-electron chi connectivity index (χ2n) is 6.10. The molecule has 4 aromatic rings. The molecule has 11 heteroatoms. The second-order valence-corrected chi connectivity index (χ2v) is 8.29. The molecule has 0 N–H and O–H groups in total. The minimum atomic E-state index is -0.522. The smallest absolute Gasteiger partial charge is 0.226 e. The van der Waals surface area contributed by atoms with E-state index in [-0.39, 0.29) is 5.02 Å². The molecule has 4 rings (SSSR count). The van der Waals surface area contributed by atoms with Gasteiger partial charge in [-0.1, -0.05) is 53.5 Å². The van der Waals surface area contributed by atoms with Crippen LogP contribution in [0.4, 0.5) is 4.39 Å². The first kappa shape index (κ1) is 21.1. The molecule has 2 aromatic carbocycles. The van der Waals surface area contributed by atoms with Crippen LogP contribution in [-0.4, -0.2) is 25.0 Å². The molecule has 0 unspecified atom stereocenters. The Morgan fingerprint density at radius 3 is 2.47 bits per heavy atom. The van der Waals surface area contributed by atoms with Gasteiger partial charge in [-0.25, -0.2) is 4.39 Å². The third kappa shape index (κ3) is 4.32. The molecule has 0 amide bonds. The fraction of sp³-hybridized carbons (Fsp3) is 0.158. The topological polar surface area (TPSA) is 69.6 Å². The van der Waals surface area contributed by atoms with Gasteiger partial charge in [0.1, 0.15) is 5.82 Å². The average molecular weight is 485 g/mol. The zero-order valence-electron chi connectivity index (χ0n) is 15.4. The van der Waals surface area contributed by atoms with Crippen LogP contribution in [0.5, 0.6) is 0 Å². The number of aryl methyl sites for hydroxylation is 1. The normalized spacial score (nSPS) is 11.2. The van der Waals surface area contributed by atoms with Gasteiger partial charge in [-0.3, -0.25) is 4.57 Å². The van der Waals surface area contributed by atoms with Gasteiger partial charge < -0.3 is 4.42 Å². The van der Waals surface area contributed by atoms with Gasteiger partial charge in [0.15, 0.2) is 11.0 Å². The van der Waals surface area contributed by atoms with Gasteiger partial charge in [0.05, 0.1) is 21.5 Å². The highest BCUT2D eigenvalue weighted by Crippen LogP contribution is 2.35. The lowest BCUT2D eigenvalue weighted by Crippen LogP contribution is -2.01. The van der Waals surface area contributed by atoms with Gasteiger partial charge in [0.25, 0.3) is 0 Å². The summed E-state index contributed by atoms with van der Waals surface area (Å²) in [5.41, 5.74) is 1.20. The Kier molecular flexibility index (Phi) is 6.29. The summed E-state index contributed by atoms with van der Waals surface area (Å²) < 4.78 is 21.0. The van der Waals surface area contributed by atoms with Crippen LogP contribution < -0.4 is 0 Å². The molecule has 0 fully saturated rings. The third-order valence-corrected chi connectivity index (χ3v) is 5.85. The molecule has 0 atom stereocenters. The van der Waals surface area contributed by atoms with E-state index in [9.17, 15) is 4.39 Å². The molecule has 6 nitrogen and oxygen atoms in total. The quantitative estimate of drug-likeness (QED) is 0.300. The minimum absolute atomic E-state index is 0.0187. The lowest BCUT2D eigenvalue weighted by molar-refractivity contribution is 0.470. The van der Waals surface area contributed by atoms with Crippen LogP contribution in [0.3, 0.4) is 0 Å². The van der Waals surface area contributed by atoms with Crippen molar-refractivity contribution in [1.82, 2.24) is 25.0 Å². The molecule has 0 radical (unpaired) electrons. The number of hydrogen-bond acceptors (Lipinski definition) is 6. The van der Waals surface area contributed by atoms with Crippen molar-refractivity contribution in [3.63, 3.8) is 0 Å². The van der Waals surface area contributed by atoms with E-state index in [0.29, 0.717) is 56.2 Å². The Hall–Kier alpha value is -2.13. The van der Waals surface area contributed by atoms with Crippen LogP contribution in [0, 0.1) is 5.82 Å². The Labute approximate surface area is 190 Å². The van der Waals surface area contributed by atoms with Crippen molar-refractivity contribution in [3.8, 4) is 17.1 Å². The summed E-state index contributed by atoms with van der Waals surface area (Å²) in [4.78, 5) is 0. The van der Waals surface area contributed by atoms with Crippen molar-refractivity contribution in [1.29, 1.82) is 0 Å². The highest BCUT2D eigenvalue weighted by Gasteiger charge is 2.20. The van der Waals surface area contributed by atoms with Gasteiger partial charge in [-0.05, 0) is 36.4 Å². The predicted molar refractivity (Wildman–Crippen MR) is 115 cm³/mol. The monoisotopic (exact) mass is 483 g/mol. The lowest BCUT2D eigenvalue weighted by atomic mass is 10.2. The van der Waals surface area contributed by atoms with E-state index >= 15 is 0 Å². The molecule has 0 saturated heterocycles. The van der Waals surface area contributed by atoms with Gasteiger partial charge in [-0.2, -0.15) is 0 Å². The van der Waals surface area contributed by atoms with E-state index < -0.39 is 5.82 Å². The van der Waals surface area contributed by atoms with Crippen molar-refractivity contribution in [2.45, 2.75) is 24.3 Å². The van der Waals surface area contributed by atoms with Crippen LogP contribution in [0.2, 0.25) is 15.1 Å². The van der Waals surface area contributed by atoms with Crippen LogP contribution in [0.1, 0.15) is 18.7 Å². The van der Waals surface area contributed by atoms with E-state index in [1.165, 1.54) is 23.9 Å². The van der Waals surface area contributed by atoms with Gasteiger partial charge in [0.2, 0.25) is 11.8 Å². The van der Waals surface area contributed by atoms with Gasteiger partial charge in [0, 0.05) is 17.0 Å². The number of thioether (sulfide) groups is 1. The summed E-state index contributed by atoms with van der Waals surface area (Å²) in [7, 11) is 0. The molecule has 0 spiro atoms. The zero-order chi connectivity index (χ0) is 21.3. The number of nitrogens with zero attached hydrogens (tertiary/aromatic N) is 5.